The van der Waals surface area contributed by atoms with Gasteiger partial charge in [-0.05, 0) is 19.9 Å². The van der Waals surface area contributed by atoms with Gasteiger partial charge in [0.25, 0.3) is 0 Å². The summed E-state index contributed by atoms with van der Waals surface area (Å²) in [5.74, 6) is 0.794. The Hall–Kier alpha value is -1.46. The van der Waals surface area contributed by atoms with Crippen LogP contribution < -0.4 is 5.73 Å². The van der Waals surface area contributed by atoms with E-state index in [-0.39, 0.29) is 0 Å². The van der Waals surface area contributed by atoms with Crippen molar-refractivity contribution in [1.82, 2.24) is 19.3 Å². The molecular weight excluding hydrogens is 214 g/mol. The summed E-state index contributed by atoms with van der Waals surface area (Å²) in [5.41, 5.74) is 9.01. The predicted octanol–water partition coefficient (Wildman–Crippen LogP) is 0.489. The highest BCUT2D eigenvalue weighted by Crippen LogP contribution is 2.13. The molecule has 2 aromatic heterocycles. The second kappa shape index (κ2) is 3.78. The maximum Gasteiger partial charge on any atom is 0.234 e. The van der Waals surface area contributed by atoms with Crippen LogP contribution in [0.3, 0.4) is 0 Å². The van der Waals surface area contributed by atoms with Gasteiger partial charge in [-0.15, -0.1) is 0 Å². The lowest BCUT2D eigenvalue weighted by Gasteiger charge is -2.36. The highest BCUT2D eigenvalue weighted by Gasteiger charge is 2.23. The quantitative estimate of drug-likeness (QED) is 0.817. The van der Waals surface area contributed by atoms with Gasteiger partial charge >= 0.3 is 0 Å². The number of hydrogen-bond acceptors (Lipinski definition) is 4. The molecule has 2 aromatic rings. The largest absolute Gasteiger partial charge is 0.325 e. The molecular formula is C12H17N5. The van der Waals surface area contributed by atoms with Crippen LogP contribution in [-0.2, 0) is 6.54 Å². The van der Waals surface area contributed by atoms with Gasteiger partial charge in [0.2, 0.25) is 5.78 Å². The van der Waals surface area contributed by atoms with E-state index in [1.807, 2.05) is 11.3 Å². The summed E-state index contributed by atoms with van der Waals surface area (Å²) in [6, 6.07) is 2.41. The van der Waals surface area contributed by atoms with Crippen LogP contribution in [0.15, 0.2) is 12.3 Å². The van der Waals surface area contributed by atoms with Crippen LogP contribution in [0.4, 0.5) is 0 Å². The Kier molecular flexibility index (Phi) is 2.38. The first-order valence-electron chi connectivity index (χ1n) is 5.92. The highest BCUT2D eigenvalue weighted by atomic mass is 15.2. The number of likely N-dealkylation sites (tertiary alicyclic amines) is 1. The fourth-order valence-corrected chi connectivity index (χ4v) is 2.36. The lowest BCUT2D eigenvalue weighted by atomic mass is 10.1. The van der Waals surface area contributed by atoms with E-state index in [1.54, 1.807) is 0 Å². The molecule has 1 aliphatic rings. The number of aryl methyl sites for hydroxylation is 2. The molecule has 0 amide bonds. The van der Waals surface area contributed by atoms with Crippen molar-refractivity contribution >= 4 is 5.78 Å². The molecule has 3 rings (SSSR count). The third-order valence-corrected chi connectivity index (χ3v) is 3.18. The molecule has 3 heterocycles. The Morgan fingerprint density at radius 2 is 2.12 bits per heavy atom. The minimum Gasteiger partial charge on any atom is -0.325 e. The molecule has 17 heavy (non-hydrogen) atoms. The van der Waals surface area contributed by atoms with Crippen molar-refractivity contribution in [3.05, 3.63) is 29.3 Å². The summed E-state index contributed by atoms with van der Waals surface area (Å²) >= 11 is 0. The van der Waals surface area contributed by atoms with E-state index < -0.39 is 0 Å². The van der Waals surface area contributed by atoms with E-state index in [1.165, 1.54) is 5.69 Å². The van der Waals surface area contributed by atoms with Crippen molar-refractivity contribution in [1.29, 1.82) is 0 Å². The number of rotatable bonds is 2. The zero-order valence-corrected chi connectivity index (χ0v) is 10.2. The second-order valence-corrected chi connectivity index (χ2v) is 4.90. The number of fused-ring (bicyclic) bond motifs is 1. The number of imidazole rings is 1. The zero-order valence-electron chi connectivity index (χ0n) is 10.2. The van der Waals surface area contributed by atoms with Crippen molar-refractivity contribution < 1.29 is 0 Å². The van der Waals surface area contributed by atoms with Gasteiger partial charge in [0.05, 0.1) is 5.69 Å². The average Bonchev–Trinajstić information content (AvgIpc) is 2.58. The maximum atomic E-state index is 5.76. The van der Waals surface area contributed by atoms with Crippen molar-refractivity contribution in [2.24, 2.45) is 5.73 Å². The molecule has 0 unspecified atom stereocenters. The second-order valence-electron chi connectivity index (χ2n) is 4.90. The van der Waals surface area contributed by atoms with Crippen LogP contribution in [0.25, 0.3) is 5.78 Å². The Bertz CT molecular complexity index is 553. The standard InChI is InChI=1S/C12H17N5/c1-8-3-9(2)17-7-11(15-12(17)14-8)6-16-4-10(13)5-16/h3,7,10H,4-6,13H2,1-2H3. The van der Waals surface area contributed by atoms with Gasteiger partial charge < -0.3 is 5.73 Å². The van der Waals surface area contributed by atoms with E-state index in [2.05, 4.69) is 34.1 Å². The first kappa shape index (κ1) is 10.7. The molecule has 0 saturated carbocycles. The highest BCUT2D eigenvalue weighted by molar-refractivity contribution is 5.34. The number of nitrogens with zero attached hydrogens (tertiary/aromatic N) is 4. The monoisotopic (exact) mass is 231 g/mol. The van der Waals surface area contributed by atoms with E-state index in [0.29, 0.717) is 6.04 Å². The van der Waals surface area contributed by atoms with Crippen LogP contribution in [0.2, 0.25) is 0 Å². The summed E-state index contributed by atoms with van der Waals surface area (Å²) in [6.45, 7) is 6.89. The van der Waals surface area contributed by atoms with Gasteiger partial charge in [-0.25, -0.2) is 9.97 Å². The first-order valence-corrected chi connectivity index (χ1v) is 5.92. The van der Waals surface area contributed by atoms with Crippen LogP contribution in [-0.4, -0.2) is 38.4 Å². The normalized spacial score (nSPS) is 17.6. The fraction of sp³-hybridized carbons (Fsp3) is 0.500. The topological polar surface area (TPSA) is 59.5 Å². The summed E-state index contributed by atoms with van der Waals surface area (Å²) in [6.07, 6.45) is 2.07. The van der Waals surface area contributed by atoms with Gasteiger partial charge in [0.1, 0.15) is 0 Å². The third-order valence-electron chi connectivity index (χ3n) is 3.18. The number of aromatic nitrogens is 3. The van der Waals surface area contributed by atoms with Gasteiger partial charge in [-0.3, -0.25) is 9.30 Å². The van der Waals surface area contributed by atoms with Crippen LogP contribution >= 0.6 is 0 Å². The molecule has 0 aliphatic carbocycles. The molecule has 1 aliphatic heterocycles. The molecule has 0 spiro atoms. The molecule has 2 N–H and O–H groups in total. The van der Waals surface area contributed by atoms with Gasteiger partial charge in [-0.2, -0.15) is 0 Å². The van der Waals surface area contributed by atoms with E-state index in [9.17, 15) is 0 Å². The van der Waals surface area contributed by atoms with Crippen LogP contribution in [0, 0.1) is 13.8 Å². The molecule has 5 nitrogen and oxygen atoms in total. The average molecular weight is 231 g/mol. The zero-order chi connectivity index (χ0) is 12.0. The smallest absolute Gasteiger partial charge is 0.234 e. The number of hydrogen-bond donors (Lipinski definition) is 1. The lowest BCUT2D eigenvalue weighted by Crippen LogP contribution is -2.54. The molecule has 0 aromatic carbocycles. The number of nitrogens with two attached hydrogens (primary N) is 1. The van der Waals surface area contributed by atoms with E-state index in [4.69, 9.17) is 5.73 Å². The fourth-order valence-electron chi connectivity index (χ4n) is 2.36. The van der Waals surface area contributed by atoms with Crippen molar-refractivity contribution in [3.63, 3.8) is 0 Å². The molecule has 0 bridgehead atoms. The molecule has 0 radical (unpaired) electrons. The lowest BCUT2D eigenvalue weighted by molar-refractivity contribution is 0.141. The summed E-state index contributed by atoms with van der Waals surface area (Å²) in [4.78, 5) is 11.3. The molecule has 1 fully saturated rings. The molecule has 0 atom stereocenters. The van der Waals surface area contributed by atoms with Crippen molar-refractivity contribution in [2.75, 3.05) is 13.1 Å². The molecule has 5 heteroatoms. The maximum absolute atomic E-state index is 5.76. The minimum absolute atomic E-state index is 0.342. The Balaban J connectivity index is 1.88. The Labute approximate surface area is 100 Å². The predicted molar refractivity (Wildman–Crippen MR) is 65.7 cm³/mol. The van der Waals surface area contributed by atoms with E-state index in [0.717, 1.165) is 36.8 Å². The van der Waals surface area contributed by atoms with Crippen LogP contribution in [0.1, 0.15) is 17.1 Å². The Morgan fingerprint density at radius 3 is 2.82 bits per heavy atom. The summed E-state index contributed by atoms with van der Waals surface area (Å²) in [7, 11) is 0. The van der Waals surface area contributed by atoms with Gasteiger partial charge in [0.15, 0.2) is 0 Å². The first-order chi connectivity index (χ1) is 8.11. The summed E-state index contributed by atoms with van der Waals surface area (Å²) in [5, 5.41) is 0. The SMILES string of the molecule is Cc1cc(C)n2cc(CN3CC(N)C3)nc2n1. The van der Waals surface area contributed by atoms with Crippen molar-refractivity contribution in [3.8, 4) is 0 Å². The third kappa shape index (κ3) is 1.92. The van der Waals surface area contributed by atoms with Gasteiger partial charge in [0, 0.05) is 43.3 Å². The minimum atomic E-state index is 0.342. The molecule has 90 valence electrons. The van der Waals surface area contributed by atoms with Crippen LogP contribution in [0.5, 0.6) is 0 Å². The summed E-state index contributed by atoms with van der Waals surface area (Å²) < 4.78 is 2.04. The van der Waals surface area contributed by atoms with E-state index >= 15 is 0 Å². The molecule has 1 saturated heterocycles. The van der Waals surface area contributed by atoms with Crippen molar-refractivity contribution in [2.45, 2.75) is 26.4 Å². The van der Waals surface area contributed by atoms with Gasteiger partial charge in [-0.1, -0.05) is 0 Å². The Morgan fingerprint density at radius 1 is 1.35 bits per heavy atom.